The Morgan fingerprint density at radius 3 is 2.14 bits per heavy atom. The summed E-state index contributed by atoms with van der Waals surface area (Å²) in [5, 5.41) is 9.47. The average molecular weight is 378 g/mol. The summed E-state index contributed by atoms with van der Waals surface area (Å²) in [4.78, 5) is 29.4. The summed E-state index contributed by atoms with van der Waals surface area (Å²) in [6, 6.07) is 12.9. The SMILES string of the molecule is Cc1cccc(C)c1N1C(=O)CC(N2CCC(c3ccc(O)cc3)CC2)C1=O. The lowest BCUT2D eigenvalue weighted by atomic mass is 9.88. The fourth-order valence-corrected chi connectivity index (χ4v) is 4.59. The summed E-state index contributed by atoms with van der Waals surface area (Å²) in [5.74, 6) is 0.514. The van der Waals surface area contributed by atoms with E-state index in [2.05, 4.69) is 4.90 Å². The zero-order chi connectivity index (χ0) is 19.8. The number of benzene rings is 2. The monoisotopic (exact) mass is 378 g/mol. The highest BCUT2D eigenvalue weighted by Gasteiger charge is 2.44. The second-order valence-corrected chi connectivity index (χ2v) is 7.93. The van der Waals surface area contributed by atoms with Crippen molar-refractivity contribution in [2.24, 2.45) is 0 Å². The number of imide groups is 1. The molecule has 2 amide bonds. The Morgan fingerprint density at radius 2 is 1.54 bits per heavy atom. The highest BCUT2D eigenvalue weighted by atomic mass is 16.3. The third kappa shape index (κ3) is 3.31. The van der Waals surface area contributed by atoms with Gasteiger partial charge >= 0.3 is 0 Å². The van der Waals surface area contributed by atoms with Crippen molar-refractivity contribution in [1.29, 1.82) is 0 Å². The summed E-state index contributed by atoms with van der Waals surface area (Å²) in [5.41, 5.74) is 3.88. The molecule has 2 aromatic rings. The minimum absolute atomic E-state index is 0.0921. The number of para-hydroxylation sites is 1. The second kappa shape index (κ2) is 7.40. The highest BCUT2D eigenvalue weighted by molar-refractivity contribution is 6.23. The molecule has 0 radical (unpaired) electrons. The molecule has 2 aromatic carbocycles. The first-order valence-electron chi connectivity index (χ1n) is 9.91. The Hall–Kier alpha value is -2.66. The van der Waals surface area contributed by atoms with Gasteiger partial charge in [-0.25, -0.2) is 4.90 Å². The molecular formula is C23H26N2O3. The van der Waals surface area contributed by atoms with Crippen molar-refractivity contribution in [1.82, 2.24) is 4.90 Å². The van der Waals surface area contributed by atoms with Crippen LogP contribution in [0, 0.1) is 13.8 Å². The first kappa shape index (κ1) is 18.7. The van der Waals surface area contributed by atoms with Gasteiger partial charge in [0.25, 0.3) is 5.91 Å². The molecule has 28 heavy (non-hydrogen) atoms. The van der Waals surface area contributed by atoms with Gasteiger partial charge in [0, 0.05) is 0 Å². The molecule has 0 bridgehead atoms. The number of carbonyl (C=O) groups excluding carboxylic acids is 2. The number of nitrogens with zero attached hydrogens (tertiary/aromatic N) is 2. The van der Waals surface area contributed by atoms with Crippen molar-refractivity contribution in [3.8, 4) is 5.75 Å². The normalized spacial score (nSPS) is 21.5. The van der Waals surface area contributed by atoms with Gasteiger partial charge in [-0.05, 0) is 74.5 Å². The molecule has 5 nitrogen and oxygen atoms in total. The average Bonchev–Trinajstić information content (AvgIpc) is 2.97. The van der Waals surface area contributed by atoms with E-state index < -0.39 is 0 Å². The van der Waals surface area contributed by atoms with E-state index in [1.54, 1.807) is 12.1 Å². The Labute approximate surface area is 165 Å². The number of piperidine rings is 1. The van der Waals surface area contributed by atoms with E-state index in [4.69, 9.17) is 0 Å². The van der Waals surface area contributed by atoms with Gasteiger partial charge in [0.05, 0.1) is 18.2 Å². The van der Waals surface area contributed by atoms with E-state index in [0.717, 1.165) is 42.7 Å². The van der Waals surface area contributed by atoms with Gasteiger partial charge in [-0.2, -0.15) is 0 Å². The van der Waals surface area contributed by atoms with Crippen LogP contribution in [0.25, 0.3) is 0 Å². The van der Waals surface area contributed by atoms with Crippen molar-refractivity contribution < 1.29 is 14.7 Å². The van der Waals surface area contributed by atoms with Crippen LogP contribution in [-0.4, -0.2) is 41.0 Å². The Morgan fingerprint density at radius 1 is 0.929 bits per heavy atom. The maximum Gasteiger partial charge on any atom is 0.251 e. The number of anilines is 1. The van der Waals surface area contributed by atoms with Gasteiger partial charge in [0.1, 0.15) is 5.75 Å². The number of phenolic OH excluding ortho intramolecular Hbond substituents is 1. The minimum atomic E-state index is -0.354. The van der Waals surface area contributed by atoms with Crippen molar-refractivity contribution in [2.75, 3.05) is 18.0 Å². The summed E-state index contributed by atoms with van der Waals surface area (Å²) in [6.07, 6.45) is 2.16. The topological polar surface area (TPSA) is 60.9 Å². The Bertz CT molecular complexity index is 878. The fourth-order valence-electron chi connectivity index (χ4n) is 4.59. The molecule has 2 fully saturated rings. The van der Waals surface area contributed by atoms with Crippen LogP contribution in [0.4, 0.5) is 5.69 Å². The molecule has 0 saturated carbocycles. The number of rotatable bonds is 3. The van der Waals surface area contributed by atoms with E-state index >= 15 is 0 Å². The highest BCUT2D eigenvalue weighted by Crippen LogP contribution is 2.34. The van der Waals surface area contributed by atoms with Crippen molar-refractivity contribution in [3.63, 3.8) is 0 Å². The molecule has 2 aliphatic rings. The number of carbonyl (C=O) groups is 2. The molecule has 2 aliphatic heterocycles. The van der Waals surface area contributed by atoms with E-state index in [9.17, 15) is 14.7 Å². The lowest BCUT2D eigenvalue weighted by Crippen LogP contribution is -2.45. The van der Waals surface area contributed by atoms with E-state index in [0.29, 0.717) is 5.92 Å². The predicted octanol–water partition coefficient (Wildman–Crippen LogP) is 3.52. The molecule has 5 heteroatoms. The van der Waals surface area contributed by atoms with E-state index in [-0.39, 0.29) is 30.0 Å². The van der Waals surface area contributed by atoms with Gasteiger partial charge in [-0.15, -0.1) is 0 Å². The molecular weight excluding hydrogens is 352 g/mol. The van der Waals surface area contributed by atoms with Gasteiger partial charge in [-0.1, -0.05) is 30.3 Å². The number of hydrogen-bond acceptors (Lipinski definition) is 4. The fraction of sp³-hybridized carbons (Fsp3) is 0.391. The zero-order valence-electron chi connectivity index (χ0n) is 16.4. The standard InChI is InChI=1S/C23H26N2O3/c1-15-4-3-5-16(2)22(15)25-21(27)14-20(23(25)28)24-12-10-18(11-13-24)17-6-8-19(26)9-7-17/h3-9,18,20,26H,10-14H2,1-2H3. The van der Waals surface area contributed by atoms with Crippen LogP contribution in [-0.2, 0) is 9.59 Å². The molecule has 146 valence electrons. The molecule has 0 aliphatic carbocycles. The number of aromatic hydroxyl groups is 1. The molecule has 2 heterocycles. The molecule has 2 saturated heterocycles. The summed E-state index contributed by atoms with van der Waals surface area (Å²) in [6.45, 7) is 5.49. The number of likely N-dealkylation sites (tertiary alicyclic amines) is 1. The van der Waals surface area contributed by atoms with Crippen LogP contribution in [0.3, 0.4) is 0 Å². The number of phenols is 1. The van der Waals surface area contributed by atoms with Crippen LogP contribution in [0.1, 0.15) is 41.9 Å². The van der Waals surface area contributed by atoms with E-state index in [1.165, 1.54) is 10.5 Å². The van der Waals surface area contributed by atoms with Crippen LogP contribution in [0.2, 0.25) is 0 Å². The van der Waals surface area contributed by atoms with Crippen molar-refractivity contribution >= 4 is 17.5 Å². The van der Waals surface area contributed by atoms with Crippen LogP contribution < -0.4 is 4.90 Å². The zero-order valence-corrected chi connectivity index (χ0v) is 16.4. The molecule has 1 atom stereocenters. The lowest BCUT2D eigenvalue weighted by molar-refractivity contribution is -0.123. The van der Waals surface area contributed by atoms with Gasteiger partial charge < -0.3 is 5.11 Å². The van der Waals surface area contributed by atoms with Crippen molar-refractivity contribution in [3.05, 3.63) is 59.2 Å². The van der Waals surface area contributed by atoms with Crippen molar-refractivity contribution in [2.45, 2.75) is 45.1 Å². The summed E-state index contributed by atoms with van der Waals surface area (Å²) in [7, 11) is 0. The molecule has 1 unspecified atom stereocenters. The first-order valence-corrected chi connectivity index (χ1v) is 9.91. The smallest absolute Gasteiger partial charge is 0.251 e. The van der Waals surface area contributed by atoms with Gasteiger partial charge in [-0.3, -0.25) is 14.5 Å². The summed E-state index contributed by atoms with van der Waals surface area (Å²) < 4.78 is 0. The predicted molar refractivity (Wildman–Crippen MR) is 108 cm³/mol. The van der Waals surface area contributed by atoms with Crippen LogP contribution in [0.15, 0.2) is 42.5 Å². The third-order valence-corrected chi connectivity index (χ3v) is 6.12. The Balaban J connectivity index is 1.47. The van der Waals surface area contributed by atoms with Gasteiger partial charge in [0.2, 0.25) is 5.91 Å². The second-order valence-electron chi connectivity index (χ2n) is 7.93. The molecule has 1 N–H and O–H groups in total. The number of amides is 2. The Kier molecular flexibility index (Phi) is 4.94. The number of aryl methyl sites for hydroxylation is 2. The quantitative estimate of drug-likeness (QED) is 0.830. The molecule has 0 aromatic heterocycles. The first-order chi connectivity index (χ1) is 13.5. The molecule has 4 rings (SSSR count). The van der Waals surface area contributed by atoms with Crippen LogP contribution in [0.5, 0.6) is 5.75 Å². The number of hydrogen-bond donors (Lipinski definition) is 1. The minimum Gasteiger partial charge on any atom is -0.508 e. The van der Waals surface area contributed by atoms with E-state index in [1.807, 2.05) is 44.2 Å². The third-order valence-electron chi connectivity index (χ3n) is 6.12. The summed E-state index contributed by atoms with van der Waals surface area (Å²) >= 11 is 0. The maximum atomic E-state index is 13.1. The molecule has 0 spiro atoms. The maximum absolute atomic E-state index is 13.1. The van der Waals surface area contributed by atoms with Gasteiger partial charge in [0.15, 0.2) is 0 Å². The lowest BCUT2D eigenvalue weighted by Gasteiger charge is -2.35. The largest absolute Gasteiger partial charge is 0.508 e. The van der Waals surface area contributed by atoms with Crippen LogP contribution >= 0.6 is 0 Å².